The van der Waals surface area contributed by atoms with Crippen LogP contribution in [0.2, 0.25) is 0 Å². The molecular weight excluding hydrogens is 188 g/mol. The standard InChI is InChI=1S/C11H8N4/c12-7-9-3-4-11-10(13-9)8-14-5-1-2-6-15(11)14/h1-6H,8H2. The van der Waals surface area contributed by atoms with Gasteiger partial charge in [0.2, 0.25) is 0 Å². The average molecular weight is 196 g/mol. The van der Waals surface area contributed by atoms with Crippen LogP contribution in [0.4, 0.5) is 5.69 Å². The Bertz CT molecular complexity index is 510. The van der Waals surface area contributed by atoms with E-state index in [0.717, 1.165) is 17.9 Å². The van der Waals surface area contributed by atoms with Crippen LogP contribution in [0.25, 0.3) is 0 Å². The fraction of sp³-hybridized carbons (Fsp3) is 0.0909. The molecule has 0 saturated carbocycles. The van der Waals surface area contributed by atoms with Crippen molar-refractivity contribution in [1.82, 2.24) is 9.99 Å². The van der Waals surface area contributed by atoms with E-state index in [0.29, 0.717) is 5.69 Å². The fourth-order valence-corrected chi connectivity index (χ4v) is 1.82. The van der Waals surface area contributed by atoms with Crippen LogP contribution in [0.5, 0.6) is 0 Å². The molecule has 0 aromatic carbocycles. The predicted octanol–water partition coefficient (Wildman–Crippen LogP) is 1.53. The van der Waals surface area contributed by atoms with Crippen molar-refractivity contribution in [1.29, 1.82) is 5.26 Å². The molecule has 3 heterocycles. The largest absolute Gasteiger partial charge is 0.282 e. The van der Waals surface area contributed by atoms with Gasteiger partial charge < -0.3 is 0 Å². The number of allylic oxidation sites excluding steroid dienone is 2. The van der Waals surface area contributed by atoms with Crippen LogP contribution in [-0.2, 0) is 6.54 Å². The Morgan fingerprint density at radius 2 is 2.13 bits per heavy atom. The van der Waals surface area contributed by atoms with Gasteiger partial charge in [-0.15, -0.1) is 0 Å². The van der Waals surface area contributed by atoms with Crippen molar-refractivity contribution in [3.8, 4) is 6.07 Å². The molecule has 0 atom stereocenters. The zero-order valence-corrected chi connectivity index (χ0v) is 7.96. The lowest BCUT2D eigenvalue weighted by Crippen LogP contribution is -2.29. The van der Waals surface area contributed by atoms with Crippen LogP contribution in [0.1, 0.15) is 11.4 Å². The average Bonchev–Trinajstić information content (AvgIpc) is 2.66. The van der Waals surface area contributed by atoms with Gasteiger partial charge in [-0.25, -0.2) is 4.98 Å². The molecule has 0 bridgehead atoms. The van der Waals surface area contributed by atoms with E-state index in [2.05, 4.69) is 16.1 Å². The lowest BCUT2D eigenvalue weighted by molar-refractivity contribution is 0.396. The Hall–Kier alpha value is -2.28. The highest BCUT2D eigenvalue weighted by atomic mass is 15.6. The van der Waals surface area contributed by atoms with Crippen LogP contribution in [-0.4, -0.2) is 9.99 Å². The number of nitriles is 1. The molecule has 0 saturated heterocycles. The van der Waals surface area contributed by atoms with Crippen molar-refractivity contribution in [2.24, 2.45) is 0 Å². The predicted molar refractivity (Wildman–Crippen MR) is 55.3 cm³/mol. The third-order valence-electron chi connectivity index (χ3n) is 2.50. The first-order valence-electron chi connectivity index (χ1n) is 4.69. The van der Waals surface area contributed by atoms with Crippen molar-refractivity contribution < 1.29 is 0 Å². The van der Waals surface area contributed by atoms with E-state index in [1.54, 1.807) is 6.07 Å². The summed E-state index contributed by atoms with van der Waals surface area (Å²) in [5.41, 5.74) is 2.47. The molecule has 2 aliphatic rings. The van der Waals surface area contributed by atoms with Crippen molar-refractivity contribution in [2.75, 3.05) is 5.01 Å². The van der Waals surface area contributed by atoms with Crippen LogP contribution in [0.15, 0.2) is 36.7 Å². The number of hydrazine groups is 1. The summed E-state index contributed by atoms with van der Waals surface area (Å²) >= 11 is 0. The molecule has 4 heteroatoms. The molecule has 2 aliphatic heterocycles. The summed E-state index contributed by atoms with van der Waals surface area (Å²) < 4.78 is 0. The van der Waals surface area contributed by atoms with Gasteiger partial charge in [0.1, 0.15) is 11.8 Å². The molecule has 3 rings (SSSR count). The van der Waals surface area contributed by atoms with Crippen LogP contribution < -0.4 is 5.01 Å². The van der Waals surface area contributed by atoms with Gasteiger partial charge in [0.05, 0.1) is 17.9 Å². The highest BCUT2D eigenvalue weighted by Gasteiger charge is 2.25. The minimum absolute atomic E-state index is 0.475. The van der Waals surface area contributed by atoms with Crippen molar-refractivity contribution in [3.05, 3.63) is 48.1 Å². The second-order valence-electron chi connectivity index (χ2n) is 3.40. The number of hydrogen-bond donors (Lipinski definition) is 0. The molecule has 0 fully saturated rings. The number of aromatic nitrogens is 1. The monoisotopic (exact) mass is 196 g/mol. The third kappa shape index (κ3) is 1.10. The number of anilines is 1. The van der Waals surface area contributed by atoms with Crippen molar-refractivity contribution >= 4 is 5.69 Å². The fourth-order valence-electron chi connectivity index (χ4n) is 1.82. The van der Waals surface area contributed by atoms with Gasteiger partial charge in [-0.05, 0) is 24.3 Å². The van der Waals surface area contributed by atoms with E-state index < -0.39 is 0 Å². The summed E-state index contributed by atoms with van der Waals surface area (Å²) in [6.07, 6.45) is 7.94. The summed E-state index contributed by atoms with van der Waals surface area (Å²) in [6, 6.07) is 5.73. The van der Waals surface area contributed by atoms with Gasteiger partial charge >= 0.3 is 0 Å². The van der Waals surface area contributed by atoms with Crippen molar-refractivity contribution in [3.63, 3.8) is 0 Å². The first-order chi connectivity index (χ1) is 7.38. The maximum atomic E-state index is 8.76. The smallest absolute Gasteiger partial charge is 0.141 e. The molecule has 0 radical (unpaired) electrons. The maximum absolute atomic E-state index is 8.76. The first kappa shape index (κ1) is 8.06. The van der Waals surface area contributed by atoms with Crippen LogP contribution >= 0.6 is 0 Å². The number of pyridine rings is 1. The van der Waals surface area contributed by atoms with Crippen LogP contribution in [0, 0.1) is 11.3 Å². The number of fused-ring (bicyclic) bond motifs is 3. The maximum Gasteiger partial charge on any atom is 0.141 e. The quantitative estimate of drug-likeness (QED) is 0.631. The van der Waals surface area contributed by atoms with Gasteiger partial charge in [-0.3, -0.25) is 10.0 Å². The van der Waals surface area contributed by atoms with Gasteiger partial charge in [0.25, 0.3) is 0 Å². The summed E-state index contributed by atoms with van der Waals surface area (Å²) in [7, 11) is 0. The molecule has 1 aromatic rings. The molecule has 0 amide bonds. The lowest BCUT2D eigenvalue weighted by Gasteiger charge is -2.26. The summed E-state index contributed by atoms with van der Waals surface area (Å²) in [6.45, 7) is 0.728. The normalized spacial score (nSPS) is 16.2. The molecule has 4 nitrogen and oxygen atoms in total. The SMILES string of the molecule is N#Cc1ccc2c(n1)CN1C=CC=CN21. The zero-order chi connectivity index (χ0) is 10.3. The van der Waals surface area contributed by atoms with Crippen LogP contribution in [0.3, 0.4) is 0 Å². The minimum Gasteiger partial charge on any atom is -0.282 e. The molecule has 0 aliphatic carbocycles. The van der Waals surface area contributed by atoms with Gasteiger partial charge in [0.15, 0.2) is 0 Å². The summed E-state index contributed by atoms with van der Waals surface area (Å²) in [4.78, 5) is 4.28. The Balaban J connectivity index is 2.09. The minimum atomic E-state index is 0.475. The number of nitrogens with zero attached hydrogens (tertiary/aromatic N) is 4. The molecule has 0 unspecified atom stereocenters. The molecule has 72 valence electrons. The first-order valence-corrected chi connectivity index (χ1v) is 4.69. The summed E-state index contributed by atoms with van der Waals surface area (Å²) in [5, 5.41) is 12.8. The van der Waals surface area contributed by atoms with E-state index >= 15 is 0 Å². The highest BCUT2D eigenvalue weighted by molar-refractivity contribution is 5.58. The number of hydrogen-bond acceptors (Lipinski definition) is 4. The molecule has 15 heavy (non-hydrogen) atoms. The second-order valence-corrected chi connectivity index (χ2v) is 3.40. The molecular formula is C11H8N4. The molecule has 0 N–H and O–H groups in total. The van der Waals surface area contributed by atoms with E-state index in [9.17, 15) is 0 Å². The van der Waals surface area contributed by atoms with E-state index in [4.69, 9.17) is 5.26 Å². The summed E-state index contributed by atoms with van der Waals surface area (Å²) in [5.74, 6) is 0. The molecule has 1 aromatic heterocycles. The Labute approximate surface area is 87.3 Å². The lowest BCUT2D eigenvalue weighted by atomic mass is 10.2. The Morgan fingerprint density at radius 1 is 1.27 bits per heavy atom. The zero-order valence-electron chi connectivity index (χ0n) is 7.96. The van der Waals surface area contributed by atoms with Crippen molar-refractivity contribution in [2.45, 2.75) is 6.54 Å². The van der Waals surface area contributed by atoms with E-state index in [1.807, 2.05) is 35.6 Å². The van der Waals surface area contributed by atoms with Gasteiger partial charge in [-0.1, -0.05) is 0 Å². The number of rotatable bonds is 0. The highest BCUT2D eigenvalue weighted by Crippen LogP contribution is 2.31. The van der Waals surface area contributed by atoms with E-state index in [1.165, 1.54) is 0 Å². The third-order valence-corrected chi connectivity index (χ3v) is 2.50. The van der Waals surface area contributed by atoms with Gasteiger partial charge in [-0.2, -0.15) is 5.26 Å². The van der Waals surface area contributed by atoms with Gasteiger partial charge in [0, 0.05) is 12.4 Å². The second kappa shape index (κ2) is 2.85. The topological polar surface area (TPSA) is 43.2 Å². The molecule has 0 spiro atoms. The van der Waals surface area contributed by atoms with E-state index in [-0.39, 0.29) is 0 Å². The Kier molecular flexibility index (Phi) is 1.53. The Morgan fingerprint density at radius 3 is 3.00 bits per heavy atom.